The van der Waals surface area contributed by atoms with E-state index in [1.54, 1.807) is 33.5 Å². The Bertz CT molecular complexity index is 780. The van der Waals surface area contributed by atoms with Crippen molar-refractivity contribution in [2.75, 3.05) is 33.4 Å². The SMILES string of the molecule is COCC(=O)N1CC[C@@H]2Oc3ccccc3S(=O)(=O)N(CC(C)C)[C@H]2CC1. The number of fused-ring (bicyclic) bond motifs is 2. The van der Waals surface area contributed by atoms with Crippen molar-refractivity contribution in [2.45, 2.75) is 43.7 Å². The first-order chi connectivity index (χ1) is 12.8. The molecule has 0 aromatic heterocycles. The number of methoxy groups -OCH3 is 1. The van der Waals surface area contributed by atoms with Gasteiger partial charge in [0, 0.05) is 33.2 Å². The fourth-order valence-corrected chi connectivity index (χ4v) is 5.78. The quantitative estimate of drug-likeness (QED) is 0.775. The summed E-state index contributed by atoms with van der Waals surface area (Å²) in [6.07, 6.45) is 0.834. The number of para-hydroxylation sites is 1. The number of hydrogen-bond donors (Lipinski definition) is 0. The van der Waals surface area contributed by atoms with Gasteiger partial charge in [-0.3, -0.25) is 4.79 Å². The fraction of sp³-hybridized carbons (Fsp3) is 0.632. The second-order valence-electron chi connectivity index (χ2n) is 7.53. The van der Waals surface area contributed by atoms with Crippen LogP contribution < -0.4 is 4.74 Å². The van der Waals surface area contributed by atoms with E-state index in [1.165, 1.54) is 7.11 Å². The number of likely N-dealkylation sites (tertiary alicyclic amines) is 1. The molecule has 0 N–H and O–H groups in total. The van der Waals surface area contributed by atoms with E-state index in [1.807, 2.05) is 13.8 Å². The maximum atomic E-state index is 13.4. The minimum atomic E-state index is -3.67. The molecule has 0 aliphatic carbocycles. The van der Waals surface area contributed by atoms with Crippen LogP contribution in [0.5, 0.6) is 5.75 Å². The third-order valence-electron chi connectivity index (χ3n) is 5.06. The zero-order chi connectivity index (χ0) is 19.6. The van der Waals surface area contributed by atoms with E-state index in [2.05, 4.69) is 0 Å². The van der Waals surface area contributed by atoms with Crippen LogP contribution in [0.2, 0.25) is 0 Å². The summed E-state index contributed by atoms with van der Waals surface area (Å²) in [5.74, 6) is 0.503. The Balaban J connectivity index is 1.97. The fourth-order valence-electron chi connectivity index (χ4n) is 3.81. The molecule has 1 fully saturated rings. The topological polar surface area (TPSA) is 76.1 Å². The lowest BCUT2D eigenvalue weighted by Crippen LogP contribution is -2.48. The van der Waals surface area contributed by atoms with Crippen LogP contribution in [-0.4, -0.2) is 69.0 Å². The molecule has 0 unspecified atom stereocenters. The molecular weight excluding hydrogens is 368 g/mol. The smallest absolute Gasteiger partial charge is 0.248 e. The molecule has 1 aromatic carbocycles. The van der Waals surface area contributed by atoms with Gasteiger partial charge in [0.25, 0.3) is 0 Å². The molecule has 1 amide bonds. The lowest BCUT2D eigenvalue weighted by Gasteiger charge is -2.32. The monoisotopic (exact) mass is 396 g/mol. The highest BCUT2D eigenvalue weighted by molar-refractivity contribution is 7.89. The maximum absolute atomic E-state index is 13.4. The van der Waals surface area contributed by atoms with Gasteiger partial charge in [0.15, 0.2) is 0 Å². The van der Waals surface area contributed by atoms with E-state index in [0.717, 1.165) is 0 Å². The number of sulfonamides is 1. The lowest BCUT2D eigenvalue weighted by molar-refractivity contribution is -0.135. The molecule has 0 radical (unpaired) electrons. The number of carbonyl (C=O) groups excluding carboxylic acids is 1. The van der Waals surface area contributed by atoms with Crippen molar-refractivity contribution in [2.24, 2.45) is 5.92 Å². The van der Waals surface area contributed by atoms with Gasteiger partial charge in [-0.2, -0.15) is 4.31 Å². The highest BCUT2D eigenvalue weighted by atomic mass is 32.2. The lowest BCUT2D eigenvalue weighted by atomic mass is 10.0. The summed E-state index contributed by atoms with van der Waals surface area (Å²) in [5, 5.41) is 0. The van der Waals surface area contributed by atoms with Gasteiger partial charge in [-0.25, -0.2) is 8.42 Å². The normalized spacial score (nSPS) is 25.1. The van der Waals surface area contributed by atoms with Crippen molar-refractivity contribution in [3.63, 3.8) is 0 Å². The highest BCUT2D eigenvalue weighted by Crippen LogP contribution is 2.36. The van der Waals surface area contributed by atoms with Crippen molar-refractivity contribution in [3.05, 3.63) is 24.3 Å². The third kappa shape index (κ3) is 4.12. The van der Waals surface area contributed by atoms with Gasteiger partial charge in [-0.1, -0.05) is 26.0 Å². The second-order valence-corrected chi connectivity index (χ2v) is 9.39. The van der Waals surface area contributed by atoms with Crippen molar-refractivity contribution >= 4 is 15.9 Å². The molecule has 1 saturated heterocycles. The van der Waals surface area contributed by atoms with Crippen LogP contribution in [0.15, 0.2) is 29.2 Å². The first-order valence-corrected chi connectivity index (χ1v) is 10.8. The summed E-state index contributed by atoms with van der Waals surface area (Å²) >= 11 is 0. The minimum Gasteiger partial charge on any atom is -0.487 e. The van der Waals surface area contributed by atoms with E-state index >= 15 is 0 Å². The van der Waals surface area contributed by atoms with Gasteiger partial charge >= 0.3 is 0 Å². The zero-order valence-corrected chi connectivity index (χ0v) is 16.9. The summed E-state index contributed by atoms with van der Waals surface area (Å²) in [7, 11) is -2.17. The number of nitrogens with zero attached hydrogens (tertiary/aromatic N) is 2. The predicted molar refractivity (Wildman–Crippen MR) is 101 cm³/mol. The number of hydrogen-bond acceptors (Lipinski definition) is 5. The van der Waals surface area contributed by atoms with E-state index in [4.69, 9.17) is 9.47 Å². The number of amides is 1. The van der Waals surface area contributed by atoms with Crippen LogP contribution in [0.4, 0.5) is 0 Å². The van der Waals surface area contributed by atoms with Gasteiger partial charge in [0.2, 0.25) is 15.9 Å². The molecule has 7 nitrogen and oxygen atoms in total. The highest BCUT2D eigenvalue weighted by Gasteiger charge is 2.43. The molecule has 2 aliphatic heterocycles. The average molecular weight is 397 g/mol. The molecule has 27 heavy (non-hydrogen) atoms. The van der Waals surface area contributed by atoms with Gasteiger partial charge < -0.3 is 14.4 Å². The maximum Gasteiger partial charge on any atom is 0.248 e. The van der Waals surface area contributed by atoms with Crippen LogP contribution >= 0.6 is 0 Å². The van der Waals surface area contributed by atoms with Crippen molar-refractivity contribution in [1.82, 2.24) is 9.21 Å². The molecule has 2 heterocycles. The Labute approximate surface area is 161 Å². The molecule has 1 aromatic rings. The molecule has 0 bridgehead atoms. The van der Waals surface area contributed by atoms with Crippen LogP contribution in [-0.2, 0) is 19.6 Å². The van der Waals surface area contributed by atoms with Gasteiger partial charge in [-0.05, 0) is 24.5 Å². The molecule has 150 valence electrons. The molecule has 8 heteroatoms. The summed E-state index contributed by atoms with van der Waals surface area (Å²) in [5.41, 5.74) is 0. The summed E-state index contributed by atoms with van der Waals surface area (Å²) in [4.78, 5) is 14.2. The van der Waals surface area contributed by atoms with Crippen LogP contribution in [0, 0.1) is 5.92 Å². The van der Waals surface area contributed by atoms with Crippen molar-refractivity contribution in [1.29, 1.82) is 0 Å². The Morgan fingerprint density at radius 2 is 1.96 bits per heavy atom. The van der Waals surface area contributed by atoms with E-state index in [-0.39, 0.29) is 35.5 Å². The first-order valence-electron chi connectivity index (χ1n) is 9.39. The van der Waals surface area contributed by atoms with Crippen molar-refractivity contribution < 1.29 is 22.7 Å². The van der Waals surface area contributed by atoms with Crippen LogP contribution in [0.1, 0.15) is 26.7 Å². The molecule has 2 atom stereocenters. The first kappa shape index (κ1) is 20.1. The number of rotatable bonds is 4. The molecule has 3 rings (SSSR count). The third-order valence-corrected chi connectivity index (χ3v) is 6.99. The zero-order valence-electron chi connectivity index (χ0n) is 16.1. The van der Waals surface area contributed by atoms with E-state index in [0.29, 0.717) is 38.2 Å². The largest absolute Gasteiger partial charge is 0.487 e. The number of ether oxygens (including phenoxy) is 2. The van der Waals surface area contributed by atoms with Crippen molar-refractivity contribution in [3.8, 4) is 5.75 Å². The molecule has 0 spiro atoms. The Kier molecular flexibility index (Phi) is 6.08. The Morgan fingerprint density at radius 1 is 1.26 bits per heavy atom. The second kappa shape index (κ2) is 8.16. The number of carbonyl (C=O) groups is 1. The molecule has 2 aliphatic rings. The van der Waals surface area contributed by atoms with Gasteiger partial charge in [0.05, 0.1) is 6.04 Å². The van der Waals surface area contributed by atoms with E-state index in [9.17, 15) is 13.2 Å². The Morgan fingerprint density at radius 3 is 2.67 bits per heavy atom. The van der Waals surface area contributed by atoms with Gasteiger partial charge in [-0.15, -0.1) is 0 Å². The summed E-state index contributed by atoms with van der Waals surface area (Å²) < 4.78 is 39.5. The average Bonchev–Trinajstić information content (AvgIpc) is 2.86. The standard InChI is InChI=1S/C19H28N2O5S/c1-14(2)12-21-15-8-10-20(19(22)13-25-3)11-9-16(15)26-17-6-4-5-7-18(17)27(21,23)24/h4-7,14-16H,8-13H2,1-3H3/t15-,16-/m0/s1. The number of benzene rings is 1. The Hall–Kier alpha value is -1.64. The van der Waals surface area contributed by atoms with Gasteiger partial charge in [0.1, 0.15) is 23.4 Å². The summed E-state index contributed by atoms with van der Waals surface area (Å²) in [6.45, 7) is 5.50. The van der Waals surface area contributed by atoms with Crippen LogP contribution in [0.25, 0.3) is 0 Å². The van der Waals surface area contributed by atoms with E-state index < -0.39 is 10.0 Å². The minimum absolute atomic E-state index is 0.0348. The predicted octanol–water partition coefficient (Wildman–Crippen LogP) is 1.73. The van der Waals surface area contributed by atoms with Crippen LogP contribution in [0.3, 0.4) is 0 Å². The molecular formula is C19H28N2O5S. The molecule has 0 saturated carbocycles. The summed E-state index contributed by atoms with van der Waals surface area (Å²) in [6, 6.07) is 6.52.